The number of nitriles is 1. The first-order valence-electron chi connectivity index (χ1n) is 10.0. The number of anilines is 1. The first-order chi connectivity index (χ1) is 14.6. The minimum atomic E-state index is -0.886. The van der Waals surface area contributed by atoms with Crippen molar-refractivity contribution in [1.82, 2.24) is 24.4 Å². The van der Waals surface area contributed by atoms with Crippen LogP contribution in [0.2, 0.25) is 0 Å². The zero-order valence-corrected chi connectivity index (χ0v) is 17.8. The van der Waals surface area contributed by atoms with Crippen LogP contribution in [0, 0.1) is 11.3 Å². The third-order valence-corrected chi connectivity index (χ3v) is 5.90. The molecule has 1 atom stereocenters. The highest BCUT2D eigenvalue weighted by Crippen LogP contribution is 2.46. The SMILES string of the molecule is C[C@@H]1CN(c2ncnc3c2c(C2CC2)cn3-c2cc(C#N)ccn2)CCN1C(=O)O.Cl. The van der Waals surface area contributed by atoms with Gasteiger partial charge < -0.3 is 14.9 Å². The van der Waals surface area contributed by atoms with Crippen LogP contribution in [-0.4, -0.2) is 61.3 Å². The van der Waals surface area contributed by atoms with Gasteiger partial charge in [0.25, 0.3) is 0 Å². The molecule has 3 aromatic heterocycles. The van der Waals surface area contributed by atoms with Gasteiger partial charge >= 0.3 is 6.09 Å². The zero-order valence-electron chi connectivity index (χ0n) is 17.0. The summed E-state index contributed by atoms with van der Waals surface area (Å²) < 4.78 is 1.94. The number of piperazine rings is 1. The third kappa shape index (κ3) is 3.64. The van der Waals surface area contributed by atoms with Gasteiger partial charge in [0.2, 0.25) is 0 Å². The summed E-state index contributed by atoms with van der Waals surface area (Å²) in [6.07, 6.45) is 6.62. The molecule has 5 rings (SSSR count). The maximum atomic E-state index is 11.4. The van der Waals surface area contributed by atoms with E-state index < -0.39 is 6.09 Å². The fraction of sp³-hybridized carbons (Fsp3) is 0.381. The smallest absolute Gasteiger partial charge is 0.407 e. The van der Waals surface area contributed by atoms with Gasteiger partial charge in [-0.2, -0.15) is 5.26 Å². The maximum Gasteiger partial charge on any atom is 0.407 e. The van der Waals surface area contributed by atoms with Gasteiger partial charge in [-0.1, -0.05) is 0 Å². The van der Waals surface area contributed by atoms with Crippen LogP contribution in [0.5, 0.6) is 0 Å². The number of aromatic nitrogens is 4. The number of nitrogens with zero attached hydrogens (tertiary/aromatic N) is 7. The number of fused-ring (bicyclic) bond motifs is 1. The van der Waals surface area contributed by atoms with Gasteiger partial charge in [-0.05, 0) is 43.4 Å². The van der Waals surface area contributed by atoms with Crippen LogP contribution in [0.3, 0.4) is 0 Å². The lowest BCUT2D eigenvalue weighted by Crippen LogP contribution is -2.54. The van der Waals surface area contributed by atoms with Crippen molar-refractivity contribution in [3.8, 4) is 11.9 Å². The lowest BCUT2D eigenvalue weighted by molar-refractivity contribution is 0.122. The lowest BCUT2D eigenvalue weighted by atomic mass is 10.1. The predicted molar refractivity (Wildman–Crippen MR) is 117 cm³/mol. The van der Waals surface area contributed by atoms with Gasteiger partial charge in [0.1, 0.15) is 18.0 Å². The van der Waals surface area contributed by atoms with Gasteiger partial charge in [-0.25, -0.2) is 19.7 Å². The zero-order chi connectivity index (χ0) is 20.8. The summed E-state index contributed by atoms with van der Waals surface area (Å²) in [5.41, 5.74) is 2.50. The molecule has 0 radical (unpaired) electrons. The lowest BCUT2D eigenvalue weighted by Gasteiger charge is -2.39. The number of hydrogen-bond donors (Lipinski definition) is 1. The Morgan fingerprint density at radius 1 is 1.26 bits per heavy atom. The van der Waals surface area contributed by atoms with Gasteiger partial charge in [0.15, 0.2) is 5.65 Å². The molecule has 1 saturated carbocycles. The van der Waals surface area contributed by atoms with Crippen molar-refractivity contribution in [2.75, 3.05) is 24.5 Å². The molecule has 2 aliphatic rings. The minimum Gasteiger partial charge on any atom is -0.465 e. The summed E-state index contributed by atoms with van der Waals surface area (Å²) in [5, 5.41) is 19.6. The largest absolute Gasteiger partial charge is 0.465 e. The molecule has 0 aromatic carbocycles. The molecule has 4 heterocycles. The molecular formula is C21H22ClN7O2. The Hall–Kier alpha value is -3.38. The number of halogens is 1. The van der Waals surface area contributed by atoms with Crippen molar-refractivity contribution in [2.45, 2.75) is 31.7 Å². The highest BCUT2D eigenvalue weighted by molar-refractivity contribution is 5.93. The molecule has 160 valence electrons. The van der Waals surface area contributed by atoms with E-state index in [9.17, 15) is 15.2 Å². The average Bonchev–Trinajstić information content (AvgIpc) is 3.53. The van der Waals surface area contributed by atoms with Gasteiger partial charge in [-0.15, -0.1) is 12.4 Å². The average molecular weight is 440 g/mol. The van der Waals surface area contributed by atoms with Crippen molar-refractivity contribution >= 4 is 35.4 Å². The standard InChI is InChI=1S/C21H21N7O2.ClH/c1-13-10-26(6-7-27(13)21(29)30)19-18-16(15-2-3-15)11-28(20(18)25-12-24-19)17-8-14(9-22)4-5-23-17;/h4-5,8,11-13,15H,2-3,6-7,10H2,1H3,(H,29,30);1H/t13-;/m1./s1. The van der Waals surface area contributed by atoms with Crippen LogP contribution in [-0.2, 0) is 0 Å². The minimum absolute atomic E-state index is 0. The second-order valence-corrected chi connectivity index (χ2v) is 7.91. The Kier molecular flexibility index (Phi) is 5.41. The monoisotopic (exact) mass is 439 g/mol. The molecule has 1 N–H and O–H groups in total. The van der Waals surface area contributed by atoms with E-state index in [0.29, 0.717) is 36.9 Å². The van der Waals surface area contributed by atoms with Gasteiger partial charge in [-0.3, -0.25) is 4.57 Å². The molecule has 2 fully saturated rings. The van der Waals surface area contributed by atoms with Gasteiger partial charge in [0.05, 0.1) is 17.0 Å². The van der Waals surface area contributed by atoms with Gasteiger partial charge in [0, 0.05) is 38.1 Å². The van der Waals surface area contributed by atoms with E-state index in [2.05, 4.69) is 32.1 Å². The Morgan fingerprint density at radius 2 is 2.06 bits per heavy atom. The molecular weight excluding hydrogens is 418 g/mol. The number of hydrogen-bond acceptors (Lipinski definition) is 6. The molecule has 1 aliphatic heterocycles. The number of rotatable bonds is 3. The highest BCUT2D eigenvalue weighted by Gasteiger charge is 2.33. The van der Waals surface area contributed by atoms with E-state index in [0.717, 1.165) is 29.7 Å². The molecule has 3 aromatic rings. The van der Waals surface area contributed by atoms with E-state index in [1.165, 1.54) is 10.5 Å². The van der Waals surface area contributed by atoms with Crippen LogP contribution in [0.4, 0.5) is 10.6 Å². The first-order valence-corrected chi connectivity index (χ1v) is 10.0. The molecule has 1 amide bonds. The topological polar surface area (TPSA) is 111 Å². The first kappa shape index (κ1) is 20.9. The third-order valence-electron chi connectivity index (χ3n) is 5.90. The highest BCUT2D eigenvalue weighted by atomic mass is 35.5. The van der Waals surface area contributed by atoms with Crippen molar-refractivity contribution in [3.63, 3.8) is 0 Å². The number of pyridine rings is 1. The number of carboxylic acid groups (broad SMARTS) is 1. The van der Waals surface area contributed by atoms with E-state index in [1.807, 2.05) is 11.5 Å². The normalized spacial score (nSPS) is 18.5. The van der Waals surface area contributed by atoms with Crippen molar-refractivity contribution in [2.24, 2.45) is 0 Å². The summed E-state index contributed by atoms with van der Waals surface area (Å²) in [7, 11) is 0. The van der Waals surface area contributed by atoms with Crippen molar-refractivity contribution in [3.05, 3.63) is 42.0 Å². The Balaban J connectivity index is 0.00000231. The van der Waals surface area contributed by atoms with E-state index in [4.69, 9.17) is 0 Å². The van der Waals surface area contributed by atoms with E-state index in [-0.39, 0.29) is 18.4 Å². The van der Waals surface area contributed by atoms with E-state index in [1.54, 1.807) is 24.7 Å². The summed E-state index contributed by atoms with van der Waals surface area (Å²) in [6, 6.07) is 5.47. The molecule has 0 spiro atoms. The Morgan fingerprint density at radius 3 is 2.74 bits per heavy atom. The Labute approximate surface area is 185 Å². The molecule has 9 nitrogen and oxygen atoms in total. The second kappa shape index (κ2) is 8.04. The fourth-order valence-electron chi connectivity index (χ4n) is 4.25. The summed E-state index contributed by atoms with van der Waals surface area (Å²) in [4.78, 5) is 28.7. The maximum absolute atomic E-state index is 11.4. The Bertz CT molecular complexity index is 1180. The number of amides is 1. The molecule has 10 heteroatoms. The van der Waals surface area contributed by atoms with Crippen LogP contribution in [0.15, 0.2) is 30.9 Å². The summed E-state index contributed by atoms with van der Waals surface area (Å²) in [5.74, 6) is 1.96. The molecule has 1 saturated heterocycles. The molecule has 0 unspecified atom stereocenters. The molecule has 0 bridgehead atoms. The van der Waals surface area contributed by atoms with Crippen molar-refractivity contribution < 1.29 is 9.90 Å². The molecule has 31 heavy (non-hydrogen) atoms. The predicted octanol–water partition coefficient (Wildman–Crippen LogP) is 3.17. The quantitative estimate of drug-likeness (QED) is 0.667. The van der Waals surface area contributed by atoms with Crippen LogP contribution in [0.25, 0.3) is 16.9 Å². The van der Waals surface area contributed by atoms with Crippen LogP contribution >= 0.6 is 12.4 Å². The molecule has 1 aliphatic carbocycles. The van der Waals surface area contributed by atoms with E-state index >= 15 is 0 Å². The summed E-state index contributed by atoms with van der Waals surface area (Å²) in [6.45, 7) is 3.52. The van der Waals surface area contributed by atoms with Crippen molar-refractivity contribution in [1.29, 1.82) is 5.26 Å². The van der Waals surface area contributed by atoms with Crippen LogP contribution < -0.4 is 4.90 Å². The van der Waals surface area contributed by atoms with Crippen LogP contribution in [0.1, 0.15) is 36.8 Å². The number of carbonyl (C=O) groups is 1. The summed E-state index contributed by atoms with van der Waals surface area (Å²) >= 11 is 0. The second-order valence-electron chi connectivity index (χ2n) is 7.91. The fourth-order valence-corrected chi connectivity index (χ4v) is 4.25.